The van der Waals surface area contributed by atoms with Crippen LogP contribution in [-0.4, -0.2) is 42.1 Å². The molecule has 10 heteroatoms. The summed E-state index contributed by atoms with van der Waals surface area (Å²) in [6.45, 7) is 4.29. The lowest BCUT2D eigenvalue weighted by Gasteiger charge is -2.27. The zero-order chi connectivity index (χ0) is 18.1. The van der Waals surface area contributed by atoms with Gasteiger partial charge in [-0.2, -0.15) is 4.72 Å². The molecule has 1 atom stereocenters. The second-order valence-electron chi connectivity index (χ2n) is 6.08. The van der Waals surface area contributed by atoms with E-state index in [2.05, 4.69) is 15.2 Å². The van der Waals surface area contributed by atoms with Gasteiger partial charge in [0.2, 0.25) is 15.9 Å². The first-order valence-corrected chi connectivity index (χ1v) is 9.08. The molecule has 1 aliphatic rings. The Bertz CT molecular complexity index is 729. The molecule has 0 spiro atoms. The van der Waals surface area contributed by atoms with Gasteiger partial charge in [0.1, 0.15) is 16.1 Å². The minimum atomic E-state index is -4.01. The normalized spacial score (nSPS) is 18.3. The fourth-order valence-electron chi connectivity index (χ4n) is 2.92. The summed E-state index contributed by atoms with van der Waals surface area (Å²) >= 11 is 0. The third kappa shape index (κ3) is 3.44. The van der Waals surface area contributed by atoms with Crippen LogP contribution in [0.5, 0.6) is 0 Å². The van der Waals surface area contributed by atoms with Crippen LogP contribution in [0.3, 0.4) is 0 Å². The average molecular weight is 359 g/mol. The quantitative estimate of drug-likeness (QED) is 0.671. The van der Waals surface area contributed by atoms with Crippen molar-refractivity contribution in [3.05, 3.63) is 11.5 Å². The molecule has 1 saturated carbocycles. The van der Waals surface area contributed by atoms with Crippen molar-refractivity contribution in [2.24, 2.45) is 0 Å². The molecule has 1 aromatic heterocycles. The summed E-state index contributed by atoms with van der Waals surface area (Å²) in [4.78, 5) is 23.6. The van der Waals surface area contributed by atoms with Gasteiger partial charge in [0.05, 0.1) is 6.04 Å². The number of amides is 1. The molecule has 0 aromatic carbocycles. The van der Waals surface area contributed by atoms with Gasteiger partial charge in [-0.1, -0.05) is 18.0 Å². The number of carboxylic acids is 1. The van der Waals surface area contributed by atoms with Crippen LogP contribution in [0.15, 0.2) is 9.42 Å². The number of hydrogen-bond donors (Lipinski definition) is 3. The molecule has 0 radical (unpaired) electrons. The van der Waals surface area contributed by atoms with Crippen molar-refractivity contribution in [2.45, 2.75) is 62.9 Å². The summed E-state index contributed by atoms with van der Waals surface area (Å²) < 4.78 is 31.9. The number of carboxylic acid groups (broad SMARTS) is 1. The Hall–Kier alpha value is -1.94. The Balaban J connectivity index is 2.13. The van der Waals surface area contributed by atoms with Crippen molar-refractivity contribution >= 4 is 21.9 Å². The van der Waals surface area contributed by atoms with Gasteiger partial charge < -0.3 is 14.9 Å². The lowest BCUT2D eigenvalue weighted by Crippen LogP contribution is -2.57. The van der Waals surface area contributed by atoms with Crippen molar-refractivity contribution in [3.63, 3.8) is 0 Å². The molecule has 0 bridgehead atoms. The van der Waals surface area contributed by atoms with Crippen LogP contribution >= 0.6 is 0 Å². The molecule has 1 heterocycles. The Labute approximate surface area is 139 Å². The van der Waals surface area contributed by atoms with E-state index in [9.17, 15) is 23.1 Å². The van der Waals surface area contributed by atoms with Crippen molar-refractivity contribution in [1.29, 1.82) is 0 Å². The van der Waals surface area contributed by atoms with E-state index in [1.165, 1.54) is 20.8 Å². The molecular formula is C14H21N3O6S. The highest BCUT2D eigenvalue weighted by atomic mass is 32.2. The van der Waals surface area contributed by atoms with Gasteiger partial charge in [0.15, 0.2) is 5.76 Å². The molecule has 1 fully saturated rings. The fraction of sp³-hybridized carbons (Fsp3) is 0.643. The van der Waals surface area contributed by atoms with Crippen LogP contribution < -0.4 is 10.0 Å². The number of aliphatic carboxylic acids is 1. The molecule has 1 aliphatic carbocycles. The number of carbonyl (C=O) groups excluding carboxylic acids is 1. The van der Waals surface area contributed by atoms with Gasteiger partial charge in [-0.25, -0.2) is 13.2 Å². The number of rotatable bonds is 6. The molecule has 0 aliphatic heterocycles. The standard InChI is InChI=1S/C14H21N3O6S/c1-8-11(10(3)23-16-8)24(21,22)17-9(2)12(18)15-14(13(19)20)6-4-5-7-14/h9,17H,4-7H2,1-3H3,(H,15,18)(H,19,20). The molecule has 0 saturated heterocycles. The molecule has 3 N–H and O–H groups in total. The highest BCUT2D eigenvalue weighted by Gasteiger charge is 2.43. The minimum absolute atomic E-state index is 0.115. The van der Waals surface area contributed by atoms with E-state index < -0.39 is 33.5 Å². The second-order valence-corrected chi connectivity index (χ2v) is 7.73. The molecular weight excluding hydrogens is 338 g/mol. The smallest absolute Gasteiger partial charge is 0.329 e. The average Bonchev–Trinajstić information content (AvgIpc) is 3.06. The SMILES string of the molecule is Cc1noc(C)c1S(=O)(=O)NC(C)C(=O)NC1(C(=O)O)CCCC1. The summed E-state index contributed by atoms with van der Waals surface area (Å²) in [5.74, 6) is -1.67. The van der Waals surface area contributed by atoms with Crippen molar-refractivity contribution in [3.8, 4) is 0 Å². The van der Waals surface area contributed by atoms with Crippen molar-refractivity contribution in [2.75, 3.05) is 0 Å². The van der Waals surface area contributed by atoms with Crippen molar-refractivity contribution in [1.82, 2.24) is 15.2 Å². The number of nitrogens with one attached hydrogen (secondary N) is 2. The fourth-order valence-corrected chi connectivity index (χ4v) is 4.45. The Morgan fingerprint density at radius 1 is 1.29 bits per heavy atom. The van der Waals surface area contributed by atoms with Crippen LogP contribution in [0.2, 0.25) is 0 Å². The van der Waals surface area contributed by atoms with E-state index in [1.807, 2.05) is 0 Å². The van der Waals surface area contributed by atoms with E-state index in [0.29, 0.717) is 25.7 Å². The van der Waals surface area contributed by atoms with E-state index >= 15 is 0 Å². The monoisotopic (exact) mass is 359 g/mol. The number of hydrogen-bond acceptors (Lipinski definition) is 6. The first-order chi connectivity index (χ1) is 11.1. The molecule has 1 amide bonds. The second kappa shape index (κ2) is 6.52. The van der Waals surface area contributed by atoms with E-state index in [0.717, 1.165) is 0 Å². The third-order valence-electron chi connectivity index (χ3n) is 4.19. The lowest BCUT2D eigenvalue weighted by molar-refractivity contribution is -0.147. The van der Waals surface area contributed by atoms with Crippen LogP contribution in [0, 0.1) is 13.8 Å². The predicted molar refractivity (Wildman–Crippen MR) is 82.7 cm³/mol. The first kappa shape index (κ1) is 18.4. The van der Waals surface area contributed by atoms with Crippen LogP contribution in [0.25, 0.3) is 0 Å². The Morgan fingerprint density at radius 3 is 2.33 bits per heavy atom. The Morgan fingerprint density at radius 2 is 1.88 bits per heavy atom. The zero-order valence-electron chi connectivity index (χ0n) is 13.7. The van der Waals surface area contributed by atoms with Crippen LogP contribution in [-0.2, 0) is 19.6 Å². The maximum absolute atomic E-state index is 12.4. The first-order valence-electron chi connectivity index (χ1n) is 7.60. The number of nitrogens with zero attached hydrogens (tertiary/aromatic N) is 1. The van der Waals surface area contributed by atoms with Gasteiger partial charge in [0, 0.05) is 0 Å². The van der Waals surface area contributed by atoms with E-state index in [4.69, 9.17) is 4.52 Å². The summed E-state index contributed by atoms with van der Waals surface area (Å²) in [5.41, 5.74) is -1.13. The maximum Gasteiger partial charge on any atom is 0.329 e. The van der Waals surface area contributed by atoms with Gasteiger partial charge in [0.25, 0.3) is 0 Å². The summed E-state index contributed by atoms with van der Waals surface area (Å²) in [6.07, 6.45) is 2.06. The van der Waals surface area contributed by atoms with Gasteiger partial charge >= 0.3 is 5.97 Å². The number of sulfonamides is 1. The largest absolute Gasteiger partial charge is 0.480 e. The van der Waals surface area contributed by atoms with Crippen molar-refractivity contribution < 1.29 is 27.6 Å². The number of aryl methyl sites for hydroxylation is 2. The number of carbonyl (C=O) groups is 2. The molecule has 2 rings (SSSR count). The van der Waals surface area contributed by atoms with Gasteiger partial charge in [-0.3, -0.25) is 4.79 Å². The summed E-state index contributed by atoms with van der Waals surface area (Å²) in [6, 6.07) is -1.14. The Kier molecular flexibility index (Phi) is 5.00. The molecule has 134 valence electrons. The molecule has 1 aromatic rings. The highest BCUT2D eigenvalue weighted by Crippen LogP contribution is 2.30. The van der Waals surface area contributed by atoms with Crippen LogP contribution in [0.4, 0.5) is 0 Å². The summed E-state index contributed by atoms with van der Waals surface area (Å²) in [7, 11) is -4.01. The van der Waals surface area contributed by atoms with Crippen LogP contribution in [0.1, 0.15) is 44.1 Å². The summed E-state index contributed by atoms with van der Waals surface area (Å²) in [5, 5.41) is 15.4. The topological polar surface area (TPSA) is 139 Å². The highest BCUT2D eigenvalue weighted by molar-refractivity contribution is 7.89. The lowest BCUT2D eigenvalue weighted by atomic mass is 9.97. The third-order valence-corrected chi connectivity index (χ3v) is 5.97. The van der Waals surface area contributed by atoms with Gasteiger partial charge in [-0.05, 0) is 33.6 Å². The minimum Gasteiger partial charge on any atom is -0.480 e. The predicted octanol–water partition coefficient (Wildman–Crippen LogP) is 0.472. The molecule has 24 heavy (non-hydrogen) atoms. The maximum atomic E-state index is 12.4. The van der Waals surface area contributed by atoms with E-state index in [1.54, 1.807) is 0 Å². The zero-order valence-corrected chi connectivity index (χ0v) is 14.6. The van der Waals surface area contributed by atoms with E-state index in [-0.39, 0.29) is 16.3 Å². The van der Waals surface area contributed by atoms with Gasteiger partial charge in [-0.15, -0.1) is 0 Å². The number of aromatic nitrogens is 1. The molecule has 9 nitrogen and oxygen atoms in total. The molecule has 1 unspecified atom stereocenters.